The Morgan fingerprint density at radius 1 is 1.03 bits per heavy atom. The Kier molecular flexibility index (Phi) is 8.35. The van der Waals surface area contributed by atoms with Crippen molar-refractivity contribution in [1.82, 2.24) is 9.71 Å². The third kappa shape index (κ3) is 6.76. The zero-order valence-corrected chi connectivity index (χ0v) is 19.9. The molecule has 7 nitrogen and oxygen atoms in total. The molecule has 2 atom stereocenters. The highest BCUT2D eigenvalue weighted by Gasteiger charge is 2.34. The Hall–Kier alpha value is -2.00. The average molecular weight is 474 g/mol. The monoisotopic (exact) mass is 473 g/mol. The number of ether oxygens (including phenoxy) is 1. The molecule has 2 fully saturated rings. The second-order valence-electron chi connectivity index (χ2n) is 9.17. The van der Waals surface area contributed by atoms with E-state index in [2.05, 4.69) is 44.9 Å². The first-order valence-electron chi connectivity index (χ1n) is 12.0. The number of benzene rings is 1. The summed E-state index contributed by atoms with van der Waals surface area (Å²) in [6.45, 7) is 1.54. The zero-order valence-electron chi connectivity index (χ0n) is 19.1. The zero-order chi connectivity index (χ0) is 23.1. The number of aromatic nitrogens is 1. The number of piperidine rings is 1. The Balaban J connectivity index is 1.36. The summed E-state index contributed by atoms with van der Waals surface area (Å²) in [7, 11) is -3.52. The molecule has 2 aliphatic rings. The highest BCUT2D eigenvalue weighted by Crippen LogP contribution is 2.34. The maximum absolute atomic E-state index is 12.3. The summed E-state index contributed by atoms with van der Waals surface area (Å²) in [6.07, 6.45) is 6.95. The molecule has 4 rings (SSSR count). The largest absolute Gasteiger partial charge is 0.395 e. The van der Waals surface area contributed by atoms with E-state index in [1.54, 1.807) is 6.20 Å². The molecule has 1 aromatic carbocycles. The van der Waals surface area contributed by atoms with Crippen LogP contribution in [0.2, 0.25) is 0 Å². The van der Waals surface area contributed by atoms with Crippen molar-refractivity contribution < 1.29 is 18.3 Å². The molecule has 2 N–H and O–H groups in total. The summed E-state index contributed by atoms with van der Waals surface area (Å²) in [5.74, 6) is 1.24. The van der Waals surface area contributed by atoms with Gasteiger partial charge in [-0.3, -0.25) is 0 Å². The van der Waals surface area contributed by atoms with E-state index in [9.17, 15) is 8.42 Å². The predicted octanol–water partition coefficient (Wildman–Crippen LogP) is 2.93. The van der Waals surface area contributed by atoms with Crippen molar-refractivity contribution in [3.8, 4) is 0 Å². The van der Waals surface area contributed by atoms with E-state index in [0.717, 1.165) is 38.0 Å². The van der Waals surface area contributed by atoms with Gasteiger partial charge in [-0.2, -0.15) is 0 Å². The first-order valence-corrected chi connectivity index (χ1v) is 13.6. The average Bonchev–Trinajstić information content (AvgIpc) is 2.84. The van der Waals surface area contributed by atoms with Crippen LogP contribution in [0, 0.1) is 5.92 Å². The second kappa shape index (κ2) is 11.4. The summed E-state index contributed by atoms with van der Waals surface area (Å²) in [4.78, 5) is 6.67. The van der Waals surface area contributed by atoms with Crippen LogP contribution in [0.4, 0.5) is 5.82 Å². The minimum atomic E-state index is -3.52. The van der Waals surface area contributed by atoms with Gasteiger partial charge in [-0.1, -0.05) is 36.4 Å². The summed E-state index contributed by atoms with van der Waals surface area (Å²) in [6, 6.07) is 16.3. The SMILES string of the molecule is O=S(=O)(CCO)NC1CCN(c2ccccn2)C[C@H]1CO[C@H]1CC[C@@H](c2ccccc2)CC1. The van der Waals surface area contributed by atoms with Crippen molar-refractivity contribution >= 4 is 15.8 Å². The fraction of sp³-hybridized carbons (Fsp3) is 0.560. The molecular weight excluding hydrogens is 438 g/mol. The number of rotatable bonds is 9. The van der Waals surface area contributed by atoms with Crippen LogP contribution in [0.1, 0.15) is 43.6 Å². The van der Waals surface area contributed by atoms with Gasteiger partial charge in [-0.25, -0.2) is 18.1 Å². The van der Waals surface area contributed by atoms with E-state index in [0.29, 0.717) is 25.5 Å². The highest BCUT2D eigenvalue weighted by atomic mass is 32.2. The van der Waals surface area contributed by atoms with Gasteiger partial charge in [0.05, 0.1) is 25.1 Å². The maximum atomic E-state index is 12.3. The minimum Gasteiger partial charge on any atom is -0.395 e. The third-order valence-corrected chi connectivity index (χ3v) is 8.27. The molecule has 0 amide bonds. The van der Waals surface area contributed by atoms with Crippen LogP contribution in [0.3, 0.4) is 0 Å². The molecule has 1 unspecified atom stereocenters. The van der Waals surface area contributed by atoms with E-state index in [4.69, 9.17) is 9.84 Å². The van der Waals surface area contributed by atoms with Gasteiger partial charge in [0.2, 0.25) is 10.0 Å². The van der Waals surface area contributed by atoms with E-state index in [1.807, 2.05) is 18.2 Å². The molecule has 0 radical (unpaired) electrons. The summed E-state index contributed by atoms with van der Waals surface area (Å²) < 4.78 is 33.9. The molecule has 1 aliphatic heterocycles. The van der Waals surface area contributed by atoms with E-state index < -0.39 is 10.0 Å². The Labute approximate surface area is 197 Å². The number of hydrogen-bond acceptors (Lipinski definition) is 6. The maximum Gasteiger partial charge on any atom is 0.214 e. The molecule has 1 aliphatic carbocycles. The molecule has 2 aromatic rings. The van der Waals surface area contributed by atoms with Crippen LogP contribution >= 0.6 is 0 Å². The first-order chi connectivity index (χ1) is 16.0. The summed E-state index contributed by atoms with van der Waals surface area (Å²) in [5, 5.41) is 9.10. The molecule has 1 aromatic heterocycles. The van der Waals surface area contributed by atoms with Gasteiger partial charge in [-0.05, 0) is 55.7 Å². The third-order valence-electron chi connectivity index (χ3n) is 6.89. The number of sulfonamides is 1. The van der Waals surface area contributed by atoms with E-state index in [-0.39, 0.29) is 30.4 Å². The van der Waals surface area contributed by atoms with Gasteiger partial charge in [0.1, 0.15) is 5.82 Å². The van der Waals surface area contributed by atoms with Crippen LogP contribution in [-0.2, 0) is 14.8 Å². The Morgan fingerprint density at radius 2 is 1.79 bits per heavy atom. The van der Waals surface area contributed by atoms with Crippen molar-refractivity contribution in [2.45, 2.75) is 50.2 Å². The van der Waals surface area contributed by atoms with Gasteiger partial charge in [0, 0.05) is 31.2 Å². The smallest absolute Gasteiger partial charge is 0.214 e. The lowest BCUT2D eigenvalue weighted by molar-refractivity contribution is -0.00215. The first kappa shape index (κ1) is 24.1. The number of anilines is 1. The predicted molar refractivity (Wildman–Crippen MR) is 130 cm³/mol. The molecule has 180 valence electrons. The fourth-order valence-electron chi connectivity index (χ4n) is 5.06. The molecule has 8 heteroatoms. The number of aliphatic hydroxyl groups is 1. The summed E-state index contributed by atoms with van der Waals surface area (Å²) in [5.41, 5.74) is 1.41. The van der Waals surface area contributed by atoms with Crippen LogP contribution < -0.4 is 9.62 Å². The van der Waals surface area contributed by atoms with Gasteiger partial charge in [0.25, 0.3) is 0 Å². The van der Waals surface area contributed by atoms with Crippen molar-refractivity contribution in [2.75, 3.05) is 37.0 Å². The number of hydrogen-bond donors (Lipinski definition) is 2. The molecule has 1 saturated carbocycles. The normalized spacial score (nSPS) is 26.3. The van der Waals surface area contributed by atoms with Crippen LogP contribution in [-0.4, -0.2) is 62.7 Å². The molecule has 0 bridgehead atoms. The van der Waals surface area contributed by atoms with E-state index in [1.165, 1.54) is 5.56 Å². The van der Waals surface area contributed by atoms with Crippen molar-refractivity contribution in [3.05, 3.63) is 60.3 Å². The topological polar surface area (TPSA) is 91.8 Å². The van der Waals surface area contributed by atoms with Crippen molar-refractivity contribution in [1.29, 1.82) is 0 Å². The van der Waals surface area contributed by atoms with Crippen LogP contribution in [0.5, 0.6) is 0 Å². The number of aliphatic hydroxyl groups excluding tert-OH is 1. The molecule has 2 heterocycles. The molecule has 33 heavy (non-hydrogen) atoms. The Bertz CT molecular complexity index is 950. The fourth-order valence-corrected chi connectivity index (χ4v) is 6.19. The van der Waals surface area contributed by atoms with Crippen LogP contribution in [0.25, 0.3) is 0 Å². The van der Waals surface area contributed by atoms with Crippen LogP contribution in [0.15, 0.2) is 54.7 Å². The van der Waals surface area contributed by atoms with Gasteiger partial charge < -0.3 is 14.7 Å². The number of nitrogens with zero attached hydrogens (tertiary/aromatic N) is 2. The summed E-state index contributed by atoms with van der Waals surface area (Å²) >= 11 is 0. The standard InChI is InChI=1S/C25H35N3O4S/c29-16-17-33(30,31)27-24-13-15-28(25-8-4-5-14-26-25)18-22(24)19-32-23-11-9-21(10-12-23)20-6-2-1-3-7-20/h1-8,14,21-24,27,29H,9-13,15-19H2/t21-,22-,23+,24?/m0/s1. The van der Waals surface area contributed by atoms with Gasteiger partial charge >= 0.3 is 0 Å². The lowest BCUT2D eigenvalue weighted by atomic mass is 9.82. The van der Waals surface area contributed by atoms with Gasteiger partial charge in [0.15, 0.2) is 0 Å². The number of nitrogens with one attached hydrogen (secondary N) is 1. The number of pyridine rings is 1. The quantitative estimate of drug-likeness (QED) is 0.582. The molecular formula is C25H35N3O4S. The van der Waals surface area contributed by atoms with E-state index >= 15 is 0 Å². The van der Waals surface area contributed by atoms with Gasteiger partial charge in [-0.15, -0.1) is 0 Å². The molecule has 1 saturated heterocycles. The minimum absolute atomic E-state index is 0.0149. The van der Waals surface area contributed by atoms with Crippen molar-refractivity contribution in [2.24, 2.45) is 5.92 Å². The second-order valence-corrected chi connectivity index (χ2v) is 11.0. The lowest BCUT2D eigenvalue weighted by Crippen LogP contribution is -2.53. The Morgan fingerprint density at radius 3 is 2.48 bits per heavy atom. The highest BCUT2D eigenvalue weighted by molar-refractivity contribution is 7.89. The lowest BCUT2D eigenvalue weighted by Gasteiger charge is -2.40. The molecule has 0 spiro atoms. The van der Waals surface area contributed by atoms with Crippen molar-refractivity contribution in [3.63, 3.8) is 0 Å².